The number of nitriles is 1. The predicted molar refractivity (Wildman–Crippen MR) is 82.6 cm³/mol. The summed E-state index contributed by atoms with van der Waals surface area (Å²) in [5, 5.41) is 12.0. The van der Waals surface area contributed by atoms with Crippen LogP contribution in [-0.2, 0) is 6.54 Å². The van der Waals surface area contributed by atoms with Crippen LogP contribution in [0, 0.1) is 18.3 Å². The zero-order valence-electron chi connectivity index (χ0n) is 12.2. The second-order valence-corrected chi connectivity index (χ2v) is 4.61. The normalized spacial score (nSPS) is 9.76. The number of nitrogens with one attached hydrogen (secondary N) is 1. The fraction of sp³-hybridized carbons (Fsp3) is 0.235. The SMILES string of the molecule is COc1cc(C)ccc1NCc1ccccc1OCC#N. The van der Waals surface area contributed by atoms with Crippen molar-refractivity contribution in [2.45, 2.75) is 13.5 Å². The van der Waals surface area contributed by atoms with E-state index in [0.717, 1.165) is 28.3 Å². The number of hydrogen-bond donors (Lipinski definition) is 1. The summed E-state index contributed by atoms with van der Waals surface area (Å²) < 4.78 is 10.8. The van der Waals surface area contributed by atoms with Gasteiger partial charge in [-0.1, -0.05) is 24.3 Å². The number of rotatable bonds is 6. The Balaban J connectivity index is 2.11. The lowest BCUT2D eigenvalue weighted by atomic mass is 10.1. The molecule has 0 saturated carbocycles. The van der Waals surface area contributed by atoms with Crippen LogP contribution in [-0.4, -0.2) is 13.7 Å². The Morgan fingerprint density at radius 1 is 1.14 bits per heavy atom. The Bertz CT molecular complexity index is 647. The molecule has 0 bridgehead atoms. The fourth-order valence-electron chi connectivity index (χ4n) is 2.04. The van der Waals surface area contributed by atoms with Crippen LogP contribution < -0.4 is 14.8 Å². The Morgan fingerprint density at radius 2 is 1.95 bits per heavy atom. The van der Waals surface area contributed by atoms with Crippen LogP contribution in [0.5, 0.6) is 11.5 Å². The molecule has 108 valence electrons. The molecule has 0 unspecified atom stereocenters. The van der Waals surface area contributed by atoms with Crippen LogP contribution in [0.2, 0.25) is 0 Å². The van der Waals surface area contributed by atoms with E-state index in [9.17, 15) is 0 Å². The highest BCUT2D eigenvalue weighted by molar-refractivity contribution is 5.58. The van der Waals surface area contributed by atoms with Crippen molar-refractivity contribution in [3.05, 3.63) is 53.6 Å². The molecule has 2 aromatic rings. The number of hydrogen-bond acceptors (Lipinski definition) is 4. The van der Waals surface area contributed by atoms with Gasteiger partial charge in [0.15, 0.2) is 6.61 Å². The fourth-order valence-corrected chi connectivity index (χ4v) is 2.04. The van der Waals surface area contributed by atoms with Gasteiger partial charge >= 0.3 is 0 Å². The summed E-state index contributed by atoms with van der Waals surface area (Å²) in [6.45, 7) is 2.67. The molecular formula is C17H18N2O2. The van der Waals surface area contributed by atoms with E-state index in [1.54, 1.807) is 7.11 Å². The molecule has 0 aliphatic carbocycles. The molecule has 1 N–H and O–H groups in total. The summed E-state index contributed by atoms with van der Waals surface area (Å²) in [4.78, 5) is 0. The minimum atomic E-state index is 0.0465. The van der Waals surface area contributed by atoms with Crippen LogP contribution in [0.25, 0.3) is 0 Å². The first-order valence-electron chi connectivity index (χ1n) is 6.70. The summed E-state index contributed by atoms with van der Waals surface area (Å²) in [6.07, 6.45) is 0. The van der Waals surface area contributed by atoms with E-state index in [1.165, 1.54) is 0 Å². The molecule has 21 heavy (non-hydrogen) atoms. The smallest absolute Gasteiger partial charge is 0.174 e. The molecule has 0 spiro atoms. The minimum absolute atomic E-state index is 0.0465. The number of nitrogens with zero attached hydrogens (tertiary/aromatic N) is 1. The van der Waals surface area contributed by atoms with E-state index in [0.29, 0.717) is 6.54 Å². The van der Waals surface area contributed by atoms with Gasteiger partial charge in [-0.25, -0.2) is 0 Å². The lowest BCUT2D eigenvalue weighted by molar-refractivity contribution is 0.364. The Labute approximate surface area is 124 Å². The zero-order chi connectivity index (χ0) is 15.1. The van der Waals surface area contributed by atoms with Crippen LogP contribution in [0.1, 0.15) is 11.1 Å². The van der Waals surface area contributed by atoms with Gasteiger partial charge in [0.2, 0.25) is 0 Å². The highest BCUT2D eigenvalue weighted by atomic mass is 16.5. The summed E-state index contributed by atoms with van der Waals surface area (Å²) in [5.74, 6) is 1.53. The average molecular weight is 282 g/mol. The molecule has 0 aromatic heterocycles. The highest BCUT2D eigenvalue weighted by Crippen LogP contribution is 2.27. The first kappa shape index (κ1) is 14.7. The lowest BCUT2D eigenvalue weighted by Gasteiger charge is -2.14. The van der Waals surface area contributed by atoms with Crippen molar-refractivity contribution in [2.24, 2.45) is 0 Å². The van der Waals surface area contributed by atoms with Gasteiger partial charge in [0.25, 0.3) is 0 Å². The van der Waals surface area contributed by atoms with Crippen molar-refractivity contribution in [3.63, 3.8) is 0 Å². The maximum Gasteiger partial charge on any atom is 0.174 e. The first-order valence-corrected chi connectivity index (χ1v) is 6.70. The average Bonchev–Trinajstić information content (AvgIpc) is 2.52. The molecule has 0 aliphatic rings. The Hall–Kier alpha value is -2.67. The molecule has 0 fully saturated rings. The first-order chi connectivity index (χ1) is 10.2. The maximum absolute atomic E-state index is 8.61. The Morgan fingerprint density at radius 3 is 2.71 bits per heavy atom. The van der Waals surface area contributed by atoms with Gasteiger partial charge in [-0.3, -0.25) is 0 Å². The second-order valence-electron chi connectivity index (χ2n) is 4.61. The van der Waals surface area contributed by atoms with Crippen LogP contribution in [0.3, 0.4) is 0 Å². The van der Waals surface area contributed by atoms with E-state index < -0.39 is 0 Å². The number of ether oxygens (including phenoxy) is 2. The van der Waals surface area contributed by atoms with Gasteiger partial charge in [-0.05, 0) is 30.7 Å². The van der Waals surface area contributed by atoms with E-state index in [4.69, 9.17) is 14.7 Å². The van der Waals surface area contributed by atoms with Crippen LogP contribution in [0.4, 0.5) is 5.69 Å². The quantitative estimate of drug-likeness (QED) is 0.880. The van der Waals surface area contributed by atoms with Gasteiger partial charge in [0.05, 0.1) is 12.8 Å². The number of aryl methyl sites for hydroxylation is 1. The molecule has 4 heteroatoms. The van der Waals surface area contributed by atoms with E-state index >= 15 is 0 Å². The third-order valence-electron chi connectivity index (χ3n) is 3.09. The molecule has 0 heterocycles. The van der Waals surface area contributed by atoms with Gasteiger partial charge in [-0.15, -0.1) is 0 Å². The third kappa shape index (κ3) is 3.90. The molecule has 2 aromatic carbocycles. The van der Waals surface area contributed by atoms with Crippen LogP contribution >= 0.6 is 0 Å². The van der Waals surface area contributed by atoms with Crippen molar-refractivity contribution in [2.75, 3.05) is 19.0 Å². The monoisotopic (exact) mass is 282 g/mol. The topological polar surface area (TPSA) is 54.3 Å². The molecule has 4 nitrogen and oxygen atoms in total. The van der Waals surface area contributed by atoms with Gasteiger partial charge in [0, 0.05) is 12.1 Å². The third-order valence-corrected chi connectivity index (χ3v) is 3.09. The summed E-state index contributed by atoms with van der Waals surface area (Å²) in [5.41, 5.74) is 3.07. The Kier molecular flexibility index (Phi) is 5.05. The van der Waals surface area contributed by atoms with Crippen molar-refractivity contribution in [1.82, 2.24) is 0 Å². The molecular weight excluding hydrogens is 264 g/mol. The molecule has 0 aliphatic heterocycles. The predicted octanol–water partition coefficient (Wildman–Crippen LogP) is 3.52. The molecule has 0 saturated heterocycles. The largest absolute Gasteiger partial charge is 0.495 e. The zero-order valence-corrected chi connectivity index (χ0v) is 12.2. The number of anilines is 1. The van der Waals surface area contributed by atoms with Crippen molar-refractivity contribution < 1.29 is 9.47 Å². The molecule has 0 atom stereocenters. The van der Waals surface area contributed by atoms with Gasteiger partial charge in [0.1, 0.15) is 17.6 Å². The number of benzene rings is 2. The van der Waals surface area contributed by atoms with Gasteiger partial charge < -0.3 is 14.8 Å². The van der Waals surface area contributed by atoms with Crippen molar-refractivity contribution >= 4 is 5.69 Å². The lowest BCUT2D eigenvalue weighted by Crippen LogP contribution is -2.04. The molecule has 2 rings (SSSR count). The van der Waals surface area contributed by atoms with E-state index in [-0.39, 0.29) is 6.61 Å². The highest BCUT2D eigenvalue weighted by Gasteiger charge is 2.06. The summed E-state index contributed by atoms with van der Waals surface area (Å²) in [6, 6.07) is 15.7. The van der Waals surface area contributed by atoms with Crippen molar-refractivity contribution in [1.29, 1.82) is 5.26 Å². The second kappa shape index (κ2) is 7.20. The van der Waals surface area contributed by atoms with Crippen LogP contribution in [0.15, 0.2) is 42.5 Å². The minimum Gasteiger partial charge on any atom is -0.495 e. The maximum atomic E-state index is 8.61. The van der Waals surface area contributed by atoms with E-state index in [1.807, 2.05) is 55.5 Å². The summed E-state index contributed by atoms with van der Waals surface area (Å²) >= 11 is 0. The molecule has 0 amide bonds. The summed E-state index contributed by atoms with van der Waals surface area (Å²) in [7, 11) is 1.66. The molecule has 0 radical (unpaired) electrons. The number of methoxy groups -OCH3 is 1. The van der Waals surface area contributed by atoms with Gasteiger partial charge in [-0.2, -0.15) is 5.26 Å². The number of para-hydroxylation sites is 1. The standard InChI is InChI=1S/C17H18N2O2/c1-13-7-8-15(17(11-13)20-2)19-12-14-5-3-4-6-16(14)21-10-9-18/h3-8,11,19H,10,12H2,1-2H3. The van der Waals surface area contributed by atoms with E-state index in [2.05, 4.69) is 5.32 Å². The van der Waals surface area contributed by atoms with Crippen molar-refractivity contribution in [3.8, 4) is 17.6 Å².